The summed E-state index contributed by atoms with van der Waals surface area (Å²) in [6.45, 7) is 1.84. The monoisotopic (exact) mass is 372 g/mol. The Morgan fingerprint density at radius 2 is 1.93 bits per heavy atom. The molecule has 7 heteroatoms. The zero-order valence-corrected chi connectivity index (χ0v) is 15.8. The fourth-order valence-corrected chi connectivity index (χ4v) is 5.13. The van der Waals surface area contributed by atoms with E-state index in [0.29, 0.717) is 18.3 Å². The molecule has 2 heterocycles. The summed E-state index contributed by atoms with van der Waals surface area (Å²) in [4.78, 5) is 35.6. The number of hydrogen-bond donors (Lipinski definition) is 1. The molecular formula is C20H28N4O3. The predicted molar refractivity (Wildman–Crippen MR) is 98.8 cm³/mol. The average Bonchev–Trinajstić information content (AvgIpc) is 3.30. The standard InChI is InChI=1S/C20H28N4O3/c1-27-18-6-5-13(20(26)24-11-14-3-2-4-15(14)12-24)9-16(18)23-19(25)17-10-21-7-8-22-17/h7-8,10,13-16,18H,2-6,9,11-12H2,1H3,(H,23,25)/t13-,14-,15+,16+,18+/m0/s1. The Labute approximate surface area is 159 Å². The first-order valence-electron chi connectivity index (χ1n) is 10.0. The van der Waals surface area contributed by atoms with E-state index in [1.54, 1.807) is 7.11 Å². The minimum atomic E-state index is -0.265. The van der Waals surface area contributed by atoms with Crippen molar-refractivity contribution in [1.29, 1.82) is 0 Å². The summed E-state index contributed by atoms with van der Waals surface area (Å²) in [6.07, 6.45) is 10.5. The van der Waals surface area contributed by atoms with E-state index in [9.17, 15) is 9.59 Å². The number of nitrogens with zero attached hydrogens (tertiary/aromatic N) is 3. The molecule has 1 N–H and O–H groups in total. The number of fused-ring (bicyclic) bond motifs is 1. The molecule has 1 saturated heterocycles. The van der Waals surface area contributed by atoms with Crippen LogP contribution in [0.2, 0.25) is 0 Å². The van der Waals surface area contributed by atoms with Crippen molar-refractivity contribution >= 4 is 11.8 Å². The average molecular weight is 372 g/mol. The molecule has 1 aromatic rings. The van der Waals surface area contributed by atoms with Crippen LogP contribution in [0.3, 0.4) is 0 Å². The van der Waals surface area contributed by atoms with E-state index < -0.39 is 0 Å². The third kappa shape index (κ3) is 3.83. The Kier molecular flexibility index (Phi) is 5.38. The van der Waals surface area contributed by atoms with Gasteiger partial charge in [0.2, 0.25) is 5.91 Å². The topological polar surface area (TPSA) is 84.4 Å². The van der Waals surface area contributed by atoms with Gasteiger partial charge in [-0.25, -0.2) is 4.98 Å². The van der Waals surface area contributed by atoms with Crippen molar-refractivity contribution in [2.24, 2.45) is 17.8 Å². The van der Waals surface area contributed by atoms with Gasteiger partial charge in [0, 0.05) is 38.5 Å². The van der Waals surface area contributed by atoms with Crippen LogP contribution in [-0.4, -0.2) is 59.0 Å². The molecule has 2 aliphatic carbocycles. The molecule has 0 unspecified atom stereocenters. The lowest BCUT2D eigenvalue weighted by atomic mass is 9.82. The highest BCUT2D eigenvalue weighted by Crippen LogP contribution is 2.39. The Bertz CT molecular complexity index is 671. The molecule has 5 atom stereocenters. The normalized spacial score (nSPS) is 32.9. The molecule has 0 aromatic carbocycles. The lowest BCUT2D eigenvalue weighted by molar-refractivity contribution is -0.137. The van der Waals surface area contributed by atoms with Gasteiger partial charge in [-0.3, -0.25) is 14.6 Å². The van der Waals surface area contributed by atoms with Crippen LogP contribution < -0.4 is 5.32 Å². The summed E-state index contributed by atoms with van der Waals surface area (Å²) >= 11 is 0. The maximum Gasteiger partial charge on any atom is 0.271 e. The van der Waals surface area contributed by atoms with Crippen molar-refractivity contribution in [3.8, 4) is 0 Å². The van der Waals surface area contributed by atoms with E-state index in [1.165, 1.54) is 37.9 Å². The van der Waals surface area contributed by atoms with Crippen LogP contribution in [0.1, 0.15) is 49.0 Å². The summed E-state index contributed by atoms with van der Waals surface area (Å²) in [7, 11) is 1.66. The Morgan fingerprint density at radius 1 is 1.15 bits per heavy atom. The van der Waals surface area contributed by atoms with E-state index in [2.05, 4.69) is 20.2 Å². The number of rotatable bonds is 4. The molecule has 2 amide bonds. The van der Waals surface area contributed by atoms with Crippen LogP contribution in [0.25, 0.3) is 0 Å². The highest BCUT2D eigenvalue weighted by molar-refractivity contribution is 5.92. The highest BCUT2D eigenvalue weighted by Gasteiger charge is 2.42. The first-order chi connectivity index (χ1) is 13.2. The molecule has 7 nitrogen and oxygen atoms in total. The predicted octanol–water partition coefficient (Wildman–Crippen LogP) is 1.65. The van der Waals surface area contributed by atoms with Gasteiger partial charge < -0.3 is 15.0 Å². The Hall–Kier alpha value is -2.02. The summed E-state index contributed by atoms with van der Waals surface area (Å²) < 4.78 is 5.58. The Balaban J connectivity index is 1.39. The number of methoxy groups -OCH3 is 1. The molecule has 1 aliphatic heterocycles. The van der Waals surface area contributed by atoms with Crippen molar-refractivity contribution in [2.45, 2.75) is 50.7 Å². The largest absolute Gasteiger partial charge is 0.379 e. The maximum atomic E-state index is 13.1. The van der Waals surface area contributed by atoms with Crippen LogP contribution in [0, 0.1) is 17.8 Å². The second-order valence-electron chi connectivity index (χ2n) is 8.15. The van der Waals surface area contributed by atoms with E-state index in [4.69, 9.17) is 4.74 Å². The number of aromatic nitrogens is 2. The number of amides is 2. The summed E-state index contributed by atoms with van der Waals surface area (Å²) in [5, 5.41) is 3.01. The molecule has 4 rings (SSSR count). The first kappa shape index (κ1) is 18.3. The minimum absolute atomic E-state index is 0.0395. The fourth-order valence-electron chi connectivity index (χ4n) is 5.13. The second kappa shape index (κ2) is 7.92. The molecule has 2 saturated carbocycles. The van der Waals surface area contributed by atoms with E-state index in [1.807, 2.05) is 0 Å². The molecule has 146 valence electrons. The number of carbonyl (C=O) groups excluding carboxylic acids is 2. The van der Waals surface area contributed by atoms with Crippen molar-refractivity contribution in [3.05, 3.63) is 24.3 Å². The quantitative estimate of drug-likeness (QED) is 0.869. The SMILES string of the molecule is CO[C@@H]1CC[C@H](C(=O)N2C[C@H]3CCC[C@H]3C2)C[C@H]1NC(=O)c1cnccn1. The molecule has 3 fully saturated rings. The van der Waals surface area contributed by atoms with E-state index in [-0.39, 0.29) is 35.6 Å². The summed E-state index contributed by atoms with van der Waals surface area (Å²) in [5.74, 6) is 1.37. The van der Waals surface area contributed by atoms with Gasteiger partial charge in [0.1, 0.15) is 5.69 Å². The van der Waals surface area contributed by atoms with Crippen LogP contribution in [0.4, 0.5) is 0 Å². The minimum Gasteiger partial charge on any atom is -0.379 e. The number of likely N-dealkylation sites (tertiary alicyclic amines) is 1. The van der Waals surface area contributed by atoms with Gasteiger partial charge in [0.05, 0.1) is 18.3 Å². The Morgan fingerprint density at radius 3 is 2.59 bits per heavy atom. The number of hydrogen-bond acceptors (Lipinski definition) is 5. The number of ether oxygens (including phenoxy) is 1. The zero-order valence-electron chi connectivity index (χ0n) is 15.8. The van der Waals surface area contributed by atoms with E-state index in [0.717, 1.165) is 25.9 Å². The first-order valence-corrected chi connectivity index (χ1v) is 10.0. The fraction of sp³-hybridized carbons (Fsp3) is 0.700. The molecule has 0 bridgehead atoms. The van der Waals surface area contributed by atoms with Gasteiger partial charge in [-0.05, 0) is 43.9 Å². The summed E-state index contributed by atoms with van der Waals surface area (Å²) in [5.41, 5.74) is 0.285. The molecule has 27 heavy (non-hydrogen) atoms. The third-order valence-corrected chi connectivity index (χ3v) is 6.59. The van der Waals surface area contributed by atoms with Crippen LogP contribution in [-0.2, 0) is 9.53 Å². The highest BCUT2D eigenvalue weighted by atomic mass is 16.5. The van der Waals surface area contributed by atoms with Gasteiger partial charge in [-0.1, -0.05) is 6.42 Å². The van der Waals surface area contributed by atoms with Crippen LogP contribution in [0.15, 0.2) is 18.6 Å². The molecule has 0 radical (unpaired) electrons. The van der Waals surface area contributed by atoms with Gasteiger partial charge >= 0.3 is 0 Å². The zero-order chi connectivity index (χ0) is 18.8. The molecular weight excluding hydrogens is 344 g/mol. The third-order valence-electron chi connectivity index (χ3n) is 6.59. The number of carbonyl (C=O) groups is 2. The molecule has 3 aliphatic rings. The molecule has 0 spiro atoms. The van der Waals surface area contributed by atoms with Crippen LogP contribution in [0.5, 0.6) is 0 Å². The van der Waals surface area contributed by atoms with Gasteiger partial charge in [-0.15, -0.1) is 0 Å². The lowest BCUT2D eigenvalue weighted by Crippen LogP contribution is -2.50. The lowest BCUT2D eigenvalue weighted by Gasteiger charge is -2.36. The summed E-state index contributed by atoms with van der Waals surface area (Å²) in [6, 6.07) is -0.186. The van der Waals surface area contributed by atoms with Gasteiger partial charge in [0.15, 0.2) is 0 Å². The maximum absolute atomic E-state index is 13.1. The second-order valence-corrected chi connectivity index (χ2v) is 8.15. The van der Waals surface area contributed by atoms with Crippen molar-refractivity contribution in [2.75, 3.05) is 20.2 Å². The van der Waals surface area contributed by atoms with Crippen molar-refractivity contribution in [1.82, 2.24) is 20.2 Å². The smallest absolute Gasteiger partial charge is 0.271 e. The van der Waals surface area contributed by atoms with Gasteiger partial charge in [0.25, 0.3) is 5.91 Å². The number of nitrogens with one attached hydrogen (secondary N) is 1. The van der Waals surface area contributed by atoms with Crippen molar-refractivity contribution < 1.29 is 14.3 Å². The van der Waals surface area contributed by atoms with Gasteiger partial charge in [-0.2, -0.15) is 0 Å². The van der Waals surface area contributed by atoms with Crippen LogP contribution >= 0.6 is 0 Å². The van der Waals surface area contributed by atoms with E-state index >= 15 is 0 Å². The van der Waals surface area contributed by atoms with Crippen molar-refractivity contribution in [3.63, 3.8) is 0 Å². The molecule has 1 aromatic heterocycles.